The number of pyridine rings is 1. The van der Waals surface area contributed by atoms with E-state index in [9.17, 15) is 8.42 Å². The van der Waals surface area contributed by atoms with Crippen molar-refractivity contribution in [2.45, 2.75) is 5.75 Å². The van der Waals surface area contributed by atoms with E-state index in [-0.39, 0.29) is 11.6 Å². The van der Waals surface area contributed by atoms with Crippen LogP contribution >= 0.6 is 0 Å². The summed E-state index contributed by atoms with van der Waals surface area (Å²) in [6.07, 6.45) is 1.61. The van der Waals surface area contributed by atoms with E-state index in [2.05, 4.69) is 9.17 Å². The molecule has 0 aliphatic rings. The minimum absolute atomic E-state index is 0.285. The third-order valence-corrected chi connectivity index (χ3v) is 5.74. The second-order valence-electron chi connectivity index (χ2n) is 6.29. The van der Waals surface area contributed by atoms with E-state index in [0.29, 0.717) is 33.4 Å². The number of methoxy groups -OCH3 is 1. The van der Waals surface area contributed by atoms with Crippen LogP contribution in [0.2, 0.25) is 0 Å². The van der Waals surface area contributed by atoms with Crippen LogP contribution in [0.4, 0.5) is 5.82 Å². The summed E-state index contributed by atoms with van der Waals surface area (Å²) in [4.78, 5) is 4.28. The predicted octanol–water partition coefficient (Wildman–Crippen LogP) is 3.72. The van der Waals surface area contributed by atoms with Crippen molar-refractivity contribution in [3.63, 3.8) is 0 Å². The Morgan fingerprint density at radius 3 is 2.64 bits per heavy atom. The fourth-order valence-electron chi connectivity index (χ4n) is 3.24. The Morgan fingerprint density at radius 2 is 1.93 bits per heavy atom. The monoisotopic (exact) mass is 398 g/mol. The number of furan rings is 1. The van der Waals surface area contributed by atoms with Gasteiger partial charge in [-0.15, -0.1) is 0 Å². The summed E-state index contributed by atoms with van der Waals surface area (Å²) in [5.74, 6) is 1.03. The molecule has 4 aromatic rings. The summed E-state index contributed by atoms with van der Waals surface area (Å²) in [5, 5.41) is 2.23. The van der Waals surface area contributed by atoms with Gasteiger partial charge in [-0.1, -0.05) is 18.2 Å². The van der Waals surface area contributed by atoms with E-state index >= 15 is 0 Å². The zero-order chi connectivity index (χ0) is 19.9. The second kappa shape index (κ2) is 6.81. The van der Waals surface area contributed by atoms with Crippen molar-refractivity contribution in [3.05, 3.63) is 54.2 Å². The summed E-state index contributed by atoms with van der Waals surface area (Å²) in [6.45, 7) is 0. The highest BCUT2D eigenvalue weighted by molar-refractivity contribution is 7.85. The highest BCUT2D eigenvalue weighted by atomic mass is 32.2. The molecule has 28 heavy (non-hydrogen) atoms. The molecule has 144 valence electrons. The molecule has 0 radical (unpaired) electrons. The van der Waals surface area contributed by atoms with Gasteiger partial charge in [0, 0.05) is 22.5 Å². The Balaban J connectivity index is 1.99. The molecular formula is C20H18N2O5S. The topological polar surface area (TPSA) is 105 Å². The van der Waals surface area contributed by atoms with Crippen LogP contribution in [0, 0.1) is 0 Å². The molecule has 0 unspecified atom stereocenters. The Bertz CT molecular complexity index is 1260. The number of nitrogen functional groups attached to an aromatic ring is 1. The Labute approximate surface area is 161 Å². The van der Waals surface area contributed by atoms with Gasteiger partial charge in [-0.05, 0) is 29.8 Å². The van der Waals surface area contributed by atoms with Crippen LogP contribution in [0.25, 0.3) is 33.1 Å². The maximum absolute atomic E-state index is 11.9. The molecule has 2 aromatic carbocycles. The van der Waals surface area contributed by atoms with Crippen LogP contribution in [-0.4, -0.2) is 27.6 Å². The normalized spacial score (nSPS) is 11.9. The molecule has 2 N–H and O–H groups in total. The van der Waals surface area contributed by atoms with Gasteiger partial charge >= 0.3 is 0 Å². The number of benzene rings is 2. The fourth-order valence-corrected chi connectivity index (χ4v) is 3.93. The molecule has 7 nitrogen and oxygen atoms in total. The van der Waals surface area contributed by atoms with Crippen molar-refractivity contribution >= 4 is 37.7 Å². The molecule has 0 spiro atoms. The van der Waals surface area contributed by atoms with Crippen molar-refractivity contribution in [1.82, 2.24) is 4.98 Å². The number of hydrogen-bond acceptors (Lipinski definition) is 7. The van der Waals surface area contributed by atoms with Gasteiger partial charge in [-0.25, -0.2) is 4.98 Å². The minimum Gasteiger partial charge on any atom is -0.496 e. The highest BCUT2D eigenvalue weighted by Crippen LogP contribution is 2.39. The number of aromatic nitrogens is 1. The number of nitrogens with zero attached hydrogens (tertiary/aromatic N) is 1. The lowest BCUT2D eigenvalue weighted by Gasteiger charge is -2.13. The van der Waals surface area contributed by atoms with Crippen molar-refractivity contribution in [1.29, 1.82) is 0 Å². The van der Waals surface area contributed by atoms with Crippen LogP contribution < -0.4 is 10.5 Å². The van der Waals surface area contributed by atoms with E-state index in [1.54, 1.807) is 18.3 Å². The molecule has 0 saturated carbocycles. The first kappa shape index (κ1) is 18.3. The van der Waals surface area contributed by atoms with Crippen molar-refractivity contribution in [3.8, 4) is 17.1 Å². The Morgan fingerprint density at radius 1 is 1.14 bits per heavy atom. The van der Waals surface area contributed by atoms with Crippen LogP contribution in [0.15, 0.2) is 53.1 Å². The quantitative estimate of drug-likeness (QED) is 0.511. The molecule has 8 heteroatoms. The molecule has 2 aromatic heterocycles. The van der Waals surface area contributed by atoms with Gasteiger partial charge in [0.15, 0.2) is 0 Å². The summed E-state index contributed by atoms with van der Waals surface area (Å²) >= 11 is 0. The Kier molecular flexibility index (Phi) is 4.44. The average Bonchev–Trinajstić information content (AvgIpc) is 3.11. The van der Waals surface area contributed by atoms with E-state index in [1.165, 1.54) is 7.11 Å². The van der Waals surface area contributed by atoms with Crippen molar-refractivity contribution in [2.75, 3.05) is 20.0 Å². The number of nitrogens with two attached hydrogens (primary N) is 1. The lowest BCUT2D eigenvalue weighted by Crippen LogP contribution is -2.06. The van der Waals surface area contributed by atoms with Crippen molar-refractivity contribution < 1.29 is 21.8 Å². The first-order valence-corrected chi connectivity index (χ1v) is 10.0. The van der Waals surface area contributed by atoms with Gasteiger partial charge in [0.05, 0.1) is 19.6 Å². The molecule has 0 bridgehead atoms. The summed E-state index contributed by atoms with van der Waals surface area (Å²) in [5.41, 5.74) is 8.04. The van der Waals surface area contributed by atoms with E-state index in [0.717, 1.165) is 18.1 Å². The summed E-state index contributed by atoms with van der Waals surface area (Å²) < 4.78 is 39.9. The Hall–Kier alpha value is -3.10. The fraction of sp³-hybridized carbons (Fsp3) is 0.150. The molecule has 0 fully saturated rings. The smallest absolute Gasteiger partial charge is 0.271 e. The molecule has 0 atom stereocenters. The highest BCUT2D eigenvalue weighted by Gasteiger charge is 2.19. The number of hydrogen-bond donors (Lipinski definition) is 1. The van der Waals surface area contributed by atoms with Crippen LogP contribution in [0.3, 0.4) is 0 Å². The first-order chi connectivity index (χ1) is 13.4. The summed E-state index contributed by atoms with van der Waals surface area (Å²) in [6, 6.07) is 12.9. The van der Waals surface area contributed by atoms with Crippen LogP contribution in [0.1, 0.15) is 5.56 Å². The number of anilines is 1. The van der Waals surface area contributed by atoms with Crippen LogP contribution in [0.5, 0.6) is 5.75 Å². The number of rotatable bonds is 5. The lowest BCUT2D eigenvalue weighted by molar-refractivity contribution is 0.396. The maximum atomic E-state index is 11.9. The molecular weight excluding hydrogens is 380 g/mol. The predicted molar refractivity (Wildman–Crippen MR) is 108 cm³/mol. The standard InChI is InChI=1S/C20H18N2O5S/c1-25-18-8-12(11-28(23,24)26-2)7-14-15(10-22-20(21)19(14)18)17-9-13-5-3-4-6-16(13)27-17/h3-10H,11H2,1-2H3,(H2,21,22). The zero-order valence-corrected chi connectivity index (χ0v) is 16.1. The van der Waals surface area contributed by atoms with Crippen molar-refractivity contribution in [2.24, 2.45) is 0 Å². The van der Waals surface area contributed by atoms with Gasteiger partial charge in [-0.3, -0.25) is 4.18 Å². The largest absolute Gasteiger partial charge is 0.496 e. The van der Waals surface area contributed by atoms with E-state index < -0.39 is 10.1 Å². The third kappa shape index (κ3) is 3.17. The van der Waals surface area contributed by atoms with Gasteiger partial charge in [0.2, 0.25) is 0 Å². The SMILES string of the molecule is COc1cc(CS(=O)(=O)OC)cc2c(-c3cc4ccccc4o3)cnc(N)c12. The van der Waals surface area contributed by atoms with Gasteiger partial charge in [-0.2, -0.15) is 8.42 Å². The van der Waals surface area contributed by atoms with Crippen LogP contribution in [-0.2, 0) is 20.1 Å². The summed E-state index contributed by atoms with van der Waals surface area (Å²) in [7, 11) is -1.07. The lowest BCUT2D eigenvalue weighted by atomic mass is 10.0. The maximum Gasteiger partial charge on any atom is 0.271 e. The van der Waals surface area contributed by atoms with E-state index in [4.69, 9.17) is 14.9 Å². The average molecular weight is 398 g/mol. The first-order valence-electron chi connectivity index (χ1n) is 8.44. The second-order valence-corrected chi connectivity index (χ2v) is 8.03. The molecule has 0 aliphatic heterocycles. The number of para-hydroxylation sites is 1. The zero-order valence-electron chi connectivity index (χ0n) is 15.3. The van der Waals surface area contributed by atoms with Gasteiger partial charge in [0.1, 0.15) is 28.7 Å². The molecule has 0 amide bonds. The van der Waals surface area contributed by atoms with Gasteiger partial charge < -0.3 is 14.9 Å². The van der Waals surface area contributed by atoms with E-state index in [1.807, 2.05) is 30.3 Å². The number of ether oxygens (including phenoxy) is 1. The molecule has 2 heterocycles. The molecule has 0 aliphatic carbocycles. The van der Waals surface area contributed by atoms with Gasteiger partial charge in [0.25, 0.3) is 10.1 Å². The molecule has 0 saturated heterocycles. The minimum atomic E-state index is -3.70. The third-order valence-electron chi connectivity index (χ3n) is 4.55. The number of fused-ring (bicyclic) bond motifs is 2. The molecule has 4 rings (SSSR count).